The molecule has 8 heteroatoms. The molecule has 5 nitrogen and oxygen atoms in total. The summed E-state index contributed by atoms with van der Waals surface area (Å²) in [6, 6.07) is -1.36. The molecule has 116 valence electrons. The summed E-state index contributed by atoms with van der Waals surface area (Å²) >= 11 is 0. The average Bonchev–Trinajstić information content (AvgIpc) is 2.66. The van der Waals surface area contributed by atoms with Crippen LogP contribution in [-0.2, 0) is 4.79 Å². The molecule has 1 saturated heterocycles. The predicted molar refractivity (Wildman–Crippen MR) is 65.2 cm³/mol. The fourth-order valence-electron chi connectivity index (χ4n) is 2.29. The highest BCUT2D eigenvalue weighted by atomic mass is 19.4. The Bertz CT molecular complexity index is 385. The average molecular weight is 296 g/mol. The molecule has 0 aromatic heterocycles. The van der Waals surface area contributed by atoms with E-state index in [0.29, 0.717) is 0 Å². The molecule has 1 aliphatic rings. The maximum absolute atomic E-state index is 12.5. The lowest BCUT2D eigenvalue weighted by Gasteiger charge is -2.31. The molecule has 2 amide bonds. The summed E-state index contributed by atoms with van der Waals surface area (Å²) in [5, 5.41) is 8.99. The number of nitrogens with zero attached hydrogens (tertiary/aromatic N) is 2. The smallest absolute Gasteiger partial charge is 0.406 e. The van der Waals surface area contributed by atoms with Gasteiger partial charge in [0.05, 0.1) is 5.92 Å². The summed E-state index contributed by atoms with van der Waals surface area (Å²) in [5.41, 5.74) is 0. The molecule has 1 fully saturated rings. The van der Waals surface area contributed by atoms with Gasteiger partial charge >= 0.3 is 18.2 Å². The lowest BCUT2D eigenvalue weighted by molar-refractivity contribution is -0.145. The molecule has 0 aromatic carbocycles. The first-order valence-corrected chi connectivity index (χ1v) is 6.38. The normalized spacial score (nSPS) is 23.2. The summed E-state index contributed by atoms with van der Waals surface area (Å²) in [7, 11) is 0. The zero-order chi connectivity index (χ0) is 15.7. The Labute approximate surface area is 115 Å². The topological polar surface area (TPSA) is 60.9 Å². The fourth-order valence-corrected chi connectivity index (χ4v) is 2.29. The molecule has 20 heavy (non-hydrogen) atoms. The number of alkyl halides is 3. The molecule has 1 aliphatic heterocycles. The summed E-state index contributed by atoms with van der Waals surface area (Å²) < 4.78 is 37.5. The summed E-state index contributed by atoms with van der Waals surface area (Å²) in [6.07, 6.45) is -4.47. The third-order valence-electron chi connectivity index (χ3n) is 3.42. The van der Waals surface area contributed by atoms with Crippen molar-refractivity contribution in [3.8, 4) is 0 Å². The Morgan fingerprint density at radius 2 is 1.90 bits per heavy atom. The van der Waals surface area contributed by atoms with Crippen LogP contribution in [0.4, 0.5) is 18.0 Å². The van der Waals surface area contributed by atoms with Gasteiger partial charge in [-0.15, -0.1) is 0 Å². The zero-order valence-electron chi connectivity index (χ0n) is 11.6. The third kappa shape index (κ3) is 4.01. The number of rotatable bonds is 3. The van der Waals surface area contributed by atoms with Gasteiger partial charge in [0.1, 0.15) is 6.54 Å². The molecule has 1 heterocycles. The van der Waals surface area contributed by atoms with Crippen molar-refractivity contribution in [1.29, 1.82) is 0 Å². The zero-order valence-corrected chi connectivity index (χ0v) is 11.6. The minimum Gasteiger partial charge on any atom is -0.481 e. The van der Waals surface area contributed by atoms with Gasteiger partial charge in [0, 0.05) is 19.1 Å². The van der Waals surface area contributed by atoms with E-state index in [1.807, 2.05) is 0 Å². The van der Waals surface area contributed by atoms with Crippen LogP contribution in [0.15, 0.2) is 0 Å². The number of carboxylic acid groups (broad SMARTS) is 1. The molecule has 0 bridgehead atoms. The Hall–Kier alpha value is -1.47. The van der Waals surface area contributed by atoms with Crippen molar-refractivity contribution in [3.63, 3.8) is 0 Å². The molecule has 0 radical (unpaired) electrons. The second-order valence-corrected chi connectivity index (χ2v) is 5.45. The van der Waals surface area contributed by atoms with E-state index < -0.39 is 36.7 Å². The number of aliphatic carboxylic acids is 1. The van der Waals surface area contributed by atoms with Crippen LogP contribution >= 0.6 is 0 Å². The van der Waals surface area contributed by atoms with Gasteiger partial charge in [-0.1, -0.05) is 6.92 Å². The van der Waals surface area contributed by atoms with Gasteiger partial charge in [-0.3, -0.25) is 4.79 Å². The first kappa shape index (κ1) is 16.6. The second kappa shape index (κ2) is 5.88. The Kier molecular flexibility index (Phi) is 4.88. The SMILES string of the molecule is CC(C)N(CC(F)(F)F)C(=O)N1C[C@@H](C)[C@H](C(=O)O)C1. The maximum atomic E-state index is 12.5. The monoisotopic (exact) mass is 296 g/mol. The van der Waals surface area contributed by atoms with Gasteiger partial charge < -0.3 is 14.9 Å². The minimum atomic E-state index is -4.47. The Morgan fingerprint density at radius 1 is 1.35 bits per heavy atom. The highest BCUT2D eigenvalue weighted by Crippen LogP contribution is 2.26. The fraction of sp³-hybridized carbons (Fsp3) is 0.833. The first-order chi connectivity index (χ1) is 9.03. The van der Waals surface area contributed by atoms with Crippen molar-refractivity contribution in [2.24, 2.45) is 11.8 Å². The van der Waals surface area contributed by atoms with Crippen molar-refractivity contribution in [1.82, 2.24) is 9.80 Å². The van der Waals surface area contributed by atoms with Crippen LogP contribution in [-0.4, -0.2) is 58.8 Å². The third-order valence-corrected chi connectivity index (χ3v) is 3.42. The molecular formula is C12H19F3N2O3. The Balaban J connectivity index is 2.79. The van der Waals surface area contributed by atoms with Crippen molar-refractivity contribution in [2.45, 2.75) is 33.0 Å². The molecule has 0 aliphatic carbocycles. The van der Waals surface area contributed by atoms with Crippen molar-refractivity contribution in [3.05, 3.63) is 0 Å². The van der Waals surface area contributed by atoms with Crippen molar-refractivity contribution < 1.29 is 27.9 Å². The first-order valence-electron chi connectivity index (χ1n) is 6.38. The van der Waals surface area contributed by atoms with Gasteiger partial charge in [0.25, 0.3) is 0 Å². The number of halogens is 3. The van der Waals surface area contributed by atoms with E-state index in [2.05, 4.69) is 0 Å². The number of hydrogen-bond acceptors (Lipinski definition) is 2. The summed E-state index contributed by atoms with van der Waals surface area (Å²) in [5.74, 6) is -2.02. The van der Waals surface area contributed by atoms with E-state index in [0.717, 1.165) is 4.90 Å². The lowest BCUT2D eigenvalue weighted by atomic mass is 9.99. The number of carbonyl (C=O) groups excluding carboxylic acids is 1. The van der Waals surface area contributed by atoms with Crippen LogP contribution in [0.5, 0.6) is 0 Å². The predicted octanol–water partition coefficient (Wildman–Crippen LogP) is 2.03. The van der Waals surface area contributed by atoms with Gasteiger partial charge in [0.15, 0.2) is 0 Å². The second-order valence-electron chi connectivity index (χ2n) is 5.45. The summed E-state index contributed by atoms with van der Waals surface area (Å²) in [4.78, 5) is 25.0. The molecule has 0 saturated carbocycles. The van der Waals surface area contributed by atoms with Crippen molar-refractivity contribution in [2.75, 3.05) is 19.6 Å². The molecule has 0 spiro atoms. The summed E-state index contributed by atoms with van der Waals surface area (Å²) in [6.45, 7) is 3.46. The number of carbonyl (C=O) groups is 2. The van der Waals surface area contributed by atoms with Crippen LogP contribution in [0.2, 0.25) is 0 Å². The molecule has 1 N–H and O–H groups in total. The van der Waals surface area contributed by atoms with Gasteiger partial charge in [0.2, 0.25) is 0 Å². The quantitative estimate of drug-likeness (QED) is 0.867. The van der Waals surface area contributed by atoms with Gasteiger partial charge in [-0.25, -0.2) is 4.79 Å². The van der Waals surface area contributed by atoms with E-state index in [1.54, 1.807) is 6.92 Å². The largest absolute Gasteiger partial charge is 0.481 e. The number of carboxylic acids is 1. The van der Waals surface area contributed by atoms with Crippen LogP contribution in [0.3, 0.4) is 0 Å². The molecule has 2 atom stereocenters. The van der Waals surface area contributed by atoms with Crippen LogP contribution in [0, 0.1) is 11.8 Å². The standard InChI is InChI=1S/C12H19F3N2O3/c1-7(2)17(6-12(13,14)15)11(20)16-4-8(3)9(5-16)10(18)19/h7-9H,4-6H2,1-3H3,(H,18,19)/t8-,9-/m1/s1. The van der Waals surface area contributed by atoms with E-state index in [9.17, 15) is 22.8 Å². The van der Waals surface area contributed by atoms with Crippen LogP contribution in [0.25, 0.3) is 0 Å². The molecular weight excluding hydrogens is 277 g/mol. The number of likely N-dealkylation sites (tertiary alicyclic amines) is 1. The van der Waals surface area contributed by atoms with Gasteiger partial charge in [-0.2, -0.15) is 13.2 Å². The van der Waals surface area contributed by atoms with Gasteiger partial charge in [-0.05, 0) is 19.8 Å². The molecule has 0 aromatic rings. The van der Waals surface area contributed by atoms with Crippen molar-refractivity contribution >= 4 is 12.0 Å². The number of hydrogen-bond donors (Lipinski definition) is 1. The number of urea groups is 1. The minimum absolute atomic E-state index is 0.0452. The van der Waals surface area contributed by atoms with E-state index in [4.69, 9.17) is 5.11 Å². The van der Waals surface area contributed by atoms with E-state index in [1.165, 1.54) is 18.7 Å². The van der Waals surface area contributed by atoms with Crippen LogP contribution in [0.1, 0.15) is 20.8 Å². The van der Waals surface area contributed by atoms with E-state index >= 15 is 0 Å². The maximum Gasteiger partial charge on any atom is 0.406 e. The molecule has 1 rings (SSSR count). The molecule has 0 unspecified atom stereocenters. The highest BCUT2D eigenvalue weighted by molar-refractivity contribution is 5.78. The Morgan fingerprint density at radius 3 is 2.25 bits per heavy atom. The van der Waals surface area contributed by atoms with Crippen LogP contribution < -0.4 is 0 Å². The lowest BCUT2D eigenvalue weighted by Crippen LogP contribution is -2.49. The highest BCUT2D eigenvalue weighted by Gasteiger charge is 2.41. The number of amides is 2. The van der Waals surface area contributed by atoms with E-state index in [-0.39, 0.29) is 19.0 Å².